The number of halogens is 2. The van der Waals surface area contributed by atoms with E-state index in [1.807, 2.05) is 7.05 Å². The molecule has 1 saturated heterocycles. The minimum Gasteiger partial charge on any atom is -0.508 e. The third-order valence-corrected chi connectivity index (χ3v) is 7.41. The van der Waals surface area contributed by atoms with Gasteiger partial charge >= 0.3 is 12.6 Å². The van der Waals surface area contributed by atoms with E-state index in [9.17, 15) is 23.5 Å². The predicted molar refractivity (Wildman–Crippen MR) is 138 cm³/mol. The van der Waals surface area contributed by atoms with Crippen LogP contribution in [-0.4, -0.2) is 75.6 Å². The number of aromatic amines is 1. The summed E-state index contributed by atoms with van der Waals surface area (Å²) in [7, 11) is 1.95. The Balaban J connectivity index is 1.59. The Kier molecular flexibility index (Phi) is 6.60. The molecule has 3 heterocycles. The fraction of sp³-hybridized carbons (Fsp3) is 0.357. The number of fused-ring (bicyclic) bond motifs is 4. The van der Waals surface area contributed by atoms with Crippen LogP contribution < -0.4 is 4.74 Å². The van der Waals surface area contributed by atoms with Gasteiger partial charge in [-0.3, -0.25) is 14.6 Å². The van der Waals surface area contributed by atoms with Gasteiger partial charge in [0.25, 0.3) is 5.91 Å². The number of hydrogen-bond acceptors (Lipinski definition) is 5. The summed E-state index contributed by atoms with van der Waals surface area (Å²) in [5.41, 5.74) is 1.52. The number of imide groups is 1. The number of aromatic hydroxyl groups is 1. The highest BCUT2D eigenvalue weighted by atomic mass is 19.3. The molecule has 0 saturated carbocycles. The molecule has 1 fully saturated rings. The number of rotatable bonds is 9. The number of alkyl halides is 2. The molecular formula is C28H30F2N4O4. The van der Waals surface area contributed by atoms with Crippen molar-refractivity contribution in [2.45, 2.75) is 38.0 Å². The summed E-state index contributed by atoms with van der Waals surface area (Å²) in [6.07, 6.45) is 2.60. The highest BCUT2D eigenvalue weighted by Gasteiger charge is 2.60. The smallest absolute Gasteiger partial charge is 0.387 e. The standard InChI is InChI=1S/C28H30F2N4O4/c1-4-11-32(3)12-6-13-33-25(36)28(2)16-21-20-15-19(38-26(29)30)9-10-22(20)31-23(21)24(34(28)27(33)37)17-7-5-8-18(35)14-17/h4-5,7-10,14-15,24,26,31,35H,1,6,11-13,16H2,2-3H3/t24-,28+/m1/s1. The van der Waals surface area contributed by atoms with Crippen molar-refractivity contribution in [3.05, 3.63) is 71.9 Å². The number of hydrogen-bond donors (Lipinski definition) is 2. The molecule has 2 aliphatic rings. The summed E-state index contributed by atoms with van der Waals surface area (Å²) in [6.45, 7) is 4.16. The van der Waals surface area contributed by atoms with Gasteiger partial charge in [-0.15, -0.1) is 6.58 Å². The average Bonchev–Trinajstić information content (AvgIpc) is 3.30. The maximum absolute atomic E-state index is 13.8. The predicted octanol–water partition coefficient (Wildman–Crippen LogP) is 4.65. The highest BCUT2D eigenvalue weighted by Crippen LogP contribution is 2.49. The first-order chi connectivity index (χ1) is 18.1. The van der Waals surface area contributed by atoms with Crippen molar-refractivity contribution in [3.63, 3.8) is 0 Å². The quantitative estimate of drug-likeness (QED) is 0.314. The van der Waals surface area contributed by atoms with E-state index < -0.39 is 24.2 Å². The normalized spacial score (nSPS) is 20.9. The van der Waals surface area contributed by atoms with Crippen LogP contribution in [0.4, 0.5) is 13.6 Å². The molecule has 3 aromatic rings. The van der Waals surface area contributed by atoms with Crippen molar-refractivity contribution < 1.29 is 28.2 Å². The van der Waals surface area contributed by atoms with E-state index in [0.29, 0.717) is 41.7 Å². The molecule has 38 heavy (non-hydrogen) atoms. The number of phenolic OH excluding ortho intramolecular Hbond substituents is 1. The van der Waals surface area contributed by atoms with E-state index in [1.165, 1.54) is 23.1 Å². The molecule has 1 aromatic heterocycles. The van der Waals surface area contributed by atoms with Crippen molar-refractivity contribution in [1.29, 1.82) is 0 Å². The molecule has 8 nitrogen and oxygen atoms in total. The molecule has 2 N–H and O–H groups in total. The van der Waals surface area contributed by atoms with Gasteiger partial charge in [0.15, 0.2) is 0 Å². The number of aromatic nitrogens is 1. The Bertz CT molecular complexity index is 1410. The monoisotopic (exact) mass is 524 g/mol. The molecule has 10 heteroatoms. The number of H-pyrrole nitrogens is 1. The van der Waals surface area contributed by atoms with Gasteiger partial charge in [0.2, 0.25) is 0 Å². The number of nitrogens with one attached hydrogen (secondary N) is 1. The fourth-order valence-electron chi connectivity index (χ4n) is 5.72. The van der Waals surface area contributed by atoms with Gasteiger partial charge in [-0.2, -0.15) is 8.78 Å². The van der Waals surface area contributed by atoms with Crippen LogP contribution in [0.1, 0.15) is 36.2 Å². The largest absolute Gasteiger partial charge is 0.508 e. The van der Waals surface area contributed by atoms with Crippen LogP contribution in [0.2, 0.25) is 0 Å². The Morgan fingerprint density at radius 2 is 2.08 bits per heavy atom. The molecule has 200 valence electrons. The molecule has 5 rings (SSSR count). The third-order valence-electron chi connectivity index (χ3n) is 7.41. The maximum atomic E-state index is 13.8. The molecule has 0 radical (unpaired) electrons. The van der Waals surface area contributed by atoms with Crippen LogP contribution in [0.25, 0.3) is 10.9 Å². The van der Waals surface area contributed by atoms with E-state index in [0.717, 1.165) is 5.56 Å². The van der Waals surface area contributed by atoms with E-state index in [1.54, 1.807) is 42.2 Å². The van der Waals surface area contributed by atoms with Crippen molar-refractivity contribution in [1.82, 2.24) is 19.7 Å². The molecule has 2 aliphatic heterocycles. The number of nitrogens with zero attached hydrogens (tertiary/aromatic N) is 3. The zero-order valence-corrected chi connectivity index (χ0v) is 21.3. The lowest BCUT2D eigenvalue weighted by atomic mass is 9.81. The first-order valence-electron chi connectivity index (χ1n) is 12.5. The zero-order valence-electron chi connectivity index (χ0n) is 21.3. The van der Waals surface area contributed by atoms with E-state index in [4.69, 9.17) is 0 Å². The van der Waals surface area contributed by atoms with Crippen molar-refractivity contribution in [2.24, 2.45) is 0 Å². The molecule has 0 aliphatic carbocycles. The van der Waals surface area contributed by atoms with Crippen LogP contribution >= 0.6 is 0 Å². The van der Waals surface area contributed by atoms with Crippen molar-refractivity contribution in [3.8, 4) is 11.5 Å². The summed E-state index contributed by atoms with van der Waals surface area (Å²) in [5.74, 6) is -0.269. The molecule has 0 spiro atoms. The first kappa shape index (κ1) is 25.7. The number of carbonyl (C=O) groups excluding carboxylic acids is 2. The summed E-state index contributed by atoms with van der Waals surface area (Å²) in [4.78, 5) is 36.0. The van der Waals surface area contributed by atoms with Gasteiger partial charge in [-0.05, 0) is 68.4 Å². The lowest BCUT2D eigenvalue weighted by molar-refractivity contribution is -0.133. The minimum atomic E-state index is -2.97. The highest BCUT2D eigenvalue weighted by molar-refractivity contribution is 6.08. The summed E-state index contributed by atoms with van der Waals surface area (Å²) >= 11 is 0. The number of likely N-dealkylation sites (N-methyl/N-ethyl adjacent to an activating group) is 1. The number of ether oxygens (including phenoxy) is 1. The Morgan fingerprint density at radius 3 is 2.79 bits per heavy atom. The van der Waals surface area contributed by atoms with Gasteiger partial charge in [-0.1, -0.05) is 18.2 Å². The van der Waals surface area contributed by atoms with E-state index >= 15 is 0 Å². The Hall–Kier alpha value is -3.92. The second-order valence-corrected chi connectivity index (χ2v) is 10.1. The third kappa shape index (κ3) is 4.28. The number of benzene rings is 2. The van der Waals surface area contributed by atoms with Crippen LogP contribution in [0.3, 0.4) is 0 Å². The summed E-state index contributed by atoms with van der Waals surface area (Å²) < 4.78 is 30.5. The fourth-order valence-corrected chi connectivity index (χ4v) is 5.72. The molecule has 0 bridgehead atoms. The Labute approximate surface area is 219 Å². The van der Waals surface area contributed by atoms with Gasteiger partial charge in [-0.25, -0.2) is 4.79 Å². The SMILES string of the molecule is C=CCN(C)CCCN1C(=O)N2[C@H](c3cccc(O)c3)c3[nH]c4ccc(OC(F)F)cc4c3C[C@@]2(C)C1=O. The summed E-state index contributed by atoms with van der Waals surface area (Å²) in [5, 5.41) is 10.9. The topological polar surface area (TPSA) is 89.1 Å². The van der Waals surface area contributed by atoms with E-state index in [-0.39, 0.29) is 30.4 Å². The number of urea groups is 1. The molecule has 2 atom stereocenters. The maximum Gasteiger partial charge on any atom is 0.387 e. The molecule has 3 amide bonds. The molecule has 2 aromatic carbocycles. The lowest BCUT2D eigenvalue weighted by Crippen LogP contribution is -2.53. The van der Waals surface area contributed by atoms with Crippen LogP contribution in [0.5, 0.6) is 11.5 Å². The zero-order chi connectivity index (χ0) is 27.2. The van der Waals surface area contributed by atoms with Gasteiger partial charge in [0.05, 0.1) is 0 Å². The second-order valence-electron chi connectivity index (χ2n) is 10.1. The van der Waals surface area contributed by atoms with E-state index in [2.05, 4.69) is 21.2 Å². The number of phenols is 1. The second kappa shape index (κ2) is 9.75. The summed E-state index contributed by atoms with van der Waals surface area (Å²) in [6, 6.07) is 10.1. The number of carbonyl (C=O) groups is 2. The van der Waals surface area contributed by atoms with Gasteiger partial charge in [0.1, 0.15) is 23.1 Å². The van der Waals surface area contributed by atoms with Gasteiger partial charge < -0.3 is 19.7 Å². The van der Waals surface area contributed by atoms with Crippen molar-refractivity contribution >= 4 is 22.8 Å². The van der Waals surface area contributed by atoms with Crippen LogP contribution in [0.15, 0.2) is 55.1 Å². The average molecular weight is 525 g/mol. The lowest BCUT2D eigenvalue weighted by Gasteiger charge is -2.42. The first-order valence-corrected chi connectivity index (χ1v) is 12.5. The van der Waals surface area contributed by atoms with Crippen molar-refractivity contribution in [2.75, 3.05) is 26.7 Å². The minimum absolute atomic E-state index is 0.00915. The van der Waals surface area contributed by atoms with Crippen LogP contribution in [-0.2, 0) is 11.2 Å². The van der Waals surface area contributed by atoms with Gasteiger partial charge in [0, 0.05) is 36.1 Å². The van der Waals surface area contributed by atoms with Crippen LogP contribution in [0, 0.1) is 0 Å². The Morgan fingerprint density at radius 1 is 1.29 bits per heavy atom. The molecule has 0 unspecified atom stereocenters. The number of amides is 3. The molecular weight excluding hydrogens is 494 g/mol.